The molecular formula is C18H16N2O5. The second-order valence-corrected chi connectivity index (χ2v) is 5.12. The second kappa shape index (κ2) is 7.39. The molecule has 2 aromatic rings. The summed E-state index contributed by atoms with van der Waals surface area (Å²) < 4.78 is 15.5. The Morgan fingerprint density at radius 2 is 1.80 bits per heavy atom. The van der Waals surface area contributed by atoms with Gasteiger partial charge in [-0.3, -0.25) is 20.4 Å². The Morgan fingerprint density at radius 1 is 1.04 bits per heavy atom. The highest BCUT2D eigenvalue weighted by molar-refractivity contribution is 5.98. The van der Waals surface area contributed by atoms with Crippen molar-refractivity contribution in [3.05, 3.63) is 59.7 Å². The number of rotatable bonds is 4. The number of methoxy groups -OCH3 is 1. The van der Waals surface area contributed by atoms with Gasteiger partial charge in [0.05, 0.1) is 7.11 Å². The van der Waals surface area contributed by atoms with Crippen LogP contribution in [0.15, 0.2) is 48.5 Å². The lowest BCUT2D eigenvalue weighted by Crippen LogP contribution is -2.40. The molecule has 0 radical (unpaired) electrons. The van der Waals surface area contributed by atoms with Gasteiger partial charge in [-0.15, -0.1) is 0 Å². The fourth-order valence-corrected chi connectivity index (χ4v) is 2.16. The van der Waals surface area contributed by atoms with Crippen molar-refractivity contribution < 1.29 is 23.8 Å². The third kappa shape index (κ3) is 4.08. The number of hydrogen-bond acceptors (Lipinski definition) is 5. The topological polar surface area (TPSA) is 85.9 Å². The number of fused-ring (bicyclic) bond motifs is 1. The van der Waals surface area contributed by atoms with Crippen LogP contribution in [0.4, 0.5) is 0 Å². The first-order chi connectivity index (χ1) is 12.2. The summed E-state index contributed by atoms with van der Waals surface area (Å²) in [5.41, 5.74) is 5.84. The van der Waals surface area contributed by atoms with Crippen molar-refractivity contribution >= 4 is 17.9 Å². The van der Waals surface area contributed by atoms with E-state index in [-0.39, 0.29) is 6.79 Å². The quantitative estimate of drug-likeness (QED) is 0.656. The number of amides is 2. The molecule has 0 bridgehead atoms. The number of hydrogen-bond donors (Lipinski definition) is 2. The summed E-state index contributed by atoms with van der Waals surface area (Å²) in [6, 6.07) is 12.0. The van der Waals surface area contributed by atoms with E-state index in [1.165, 1.54) is 6.08 Å². The van der Waals surface area contributed by atoms with Crippen LogP contribution in [0, 0.1) is 0 Å². The second-order valence-electron chi connectivity index (χ2n) is 5.12. The molecule has 1 aliphatic rings. The summed E-state index contributed by atoms with van der Waals surface area (Å²) in [6.45, 7) is 0.132. The minimum Gasteiger partial charge on any atom is -0.497 e. The van der Waals surface area contributed by atoms with Crippen LogP contribution in [0.2, 0.25) is 0 Å². The number of carbonyl (C=O) groups excluding carboxylic acids is 2. The van der Waals surface area contributed by atoms with Crippen molar-refractivity contribution in [3.63, 3.8) is 0 Å². The Morgan fingerprint density at radius 3 is 2.56 bits per heavy atom. The lowest BCUT2D eigenvalue weighted by atomic mass is 10.2. The maximum absolute atomic E-state index is 12.0. The van der Waals surface area contributed by atoms with Gasteiger partial charge in [0.15, 0.2) is 11.5 Å². The molecule has 3 rings (SSSR count). The predicted molar refractivity (Wildman–Crippen MR) is 90.2 cm³/mol. The molecule has 128 valence electrons. The lowest BCUT2D eigenvalue weighted by Gasteiger charge is -2.06. The van der Waals surface area contributed by atoms with Crippen LogP contribution in [0.5, 0.6) is 17.2 Å². The van der Waals surface area contributed by atoms with Gasteiger partial charge in [-0.2, -0.15) is 0 Å². The average molecular weight is 340 g/mol. The van der Waals surface area contributed by atoms with E-state index in [2.05, 4.69) is 10.9 Å². The van der Waals surface area contributed by atoms with Gasteiger partial charge in [-0.05, 0) is 42.0 Å². The Labute approximate surface area is 144 Å². The predicted octanol–water partition coefficient (Wildman–Crippen LogP) is 1.90. The Hall–Kier alpha value is -3.48. The number of hydrazine groups is 1. The Balaban J connectivity index is 1.52. The Kier molecular flexibility index (Phi) is 4.84. The summed E-state index contributed by atoms with van der Waals surface area (Å²) in [4.78, 5) is 23.8. The van der Waals surface area contributed by atoms with E-state index in [0.717, 1.165) is 11.3 Å². The highest BCUT2D eigenvalue weighted by Crippen LogP contribution is 2.32. The molecule has 0 saturated heterocycles. The van der Waals surface area contributed by atoms with E-state index >= 15 is 0 Å². The SMILES string of the molecule is COc1ccc(/C=C/C(=O)NNC(=O)c2ccc3c(c2)OCO3)cc1. The van der Waals surface area contributed by atoms with Crippen molar-refractivity contribution in [3.8, 4) is 17.2 Å². The highest BCUT2D eigenvalue weighted by Gasteiger charge is 2.16. The monoisotopic (exact) mass is 340 g/mol. The molecule has 1 aliphatic heterocycles. The van der Waals surface area contributed by atoms with Crippen LogP contribution >= 0.6 is 0 Å². The average Bonchev–Trinajstić information content (AvgIpc) is 3.12. The largest absolute Gasteiger partial charge is 0.497 e. The van der Waals surface area contributed by atoms with Crippen molar-refractivity contribution in [2.45, 2.75) is 0 Å². The number of nitrogens with one attached hydrogen (secondary N) is 2. The van der Waals surface area contributed by atoms with Crippen LogP contribution in [0.1, 0.15) is 15.9 Å². The van der Waals surface area contributed by atoms with Crippen molar-refractivity contribution in [2.24, 2.45) is 0 Å². The van der Waals surface area contributed by atoms with Crippen LogP contribution in [-0.4, -0.2) is 25.7 Å². The standard InChI is InChI=1S/C18H16N2O5/c1-23-14-6-2-12(3-7-14)4-9-17(21)19-20-18(22)13-5-8-15-16(10-13)25-11-24-15/h2-10H,11H2,1H3,(H,19,21)(H,20,22)/b9-4+. The third-order valence-electron chi connectivity index (χ3n) is 3.48. The lowest BCUT2D eigenvalue weighted by molar-refractivity contribution is -0.117. The molecule has 2 aromatic carbocycles. The third-order valence-corrected chi connectivity index (χ3v) is 3.48. The molecule has 0 spiro atoms. The van der Waals surface area contributed by atoms with E-state index in [1.807, 2.05) is 12.1 Å². The number of ether oxygens (including phenoxy) is 3. The summed E-state index contributed by atoms with van der Waals surface area (Å²) >= 11 is 0. The van der Waals surface area contributed by atoms with Gasteiger partial charge in [0.25, 0.3) is 11.8 Å². The molecule has 1 heterocycles. The normalized spacial score (nSPS) is 12.0. The summed E-state index contributed by atoms with van der Waals surface area (Å²) in [7, 11) is 1.58. The van der Waals surface area contributed by atoms with E-state index in [4.69, 9.17) is 14.2 Å². The van der Waals surface area contributed by atoms with Crippen LogP contribution in [-0.2, 0) is 4.79 Å². The molecule has 2 amide bonds. The number of benzene rings is 2. The smallest absolute Gasteiger partial charge is 0.269 e. The summed E-state index contributed by atoms with van der Waals surface area (Å²) in [5, 5.41) is 0. The molecule has 25 heavy (non-hydrogen) atoms. The van der Waals surface area contributed by atoms with Gasteiger partial charge in [0.1, 0.15) is 5.75 Å². The van der Waals surface area contributed by atoms with E-state index < -0.39 is 11.8 Å². The van der Waals surface area contributed by atoms with Crippen LogP contribution in [0.25, 0.3) is 6.08 Å². The molecule has 0 saturated carbocycles. The van der Waals surface area contributed by atoms with Gasteiger partial charge < -0.3 is 14.2 Å². The summed E-state index contributed by atoms with van der Waals surface area (Å²) in [5.74, 6) is 0.911. The molecule has 0 atom stereocenters. The molecule has 7 nitrogen and oxygen atoms in total. The van der Waals surface area contributed by atoms with Crippen LogP contribution < -0.4 is 25.1 Å². The van der Waals surface area contributed by atoms with Gasteiger partial charge in [-0.25, -0.2) is 0 Å². The van der Waals surface area contributed by atoms with E-state index in [0.29, 0.717) is 17.1 Å². The highest BCUT2D eigenvalue weighted by atomic mass is 16.7. The minimum atomic E-state index is -0.454. The van der Waals surface area contributed by atoms with Gasteiger partial charge in [0.2, 0.25) is 6.79 Å². The molecule has 0 unspecified atom stereocenters. The van der Waals surface area contributed by atoms with Gasteiger partial charge in [-0.1, -0.05) is 12.1 Å². The van der Waals surface area contributed by atoms with Gasteiger partial charge >= 0.3 is 0 Å². The minimum absolute atomic E-state index is 0.132. The first-order valence-electron chi connectivity index (χ1n) is 7.48. The molecule has 7 heteroatoms. The van der Waals surface area contributed by atoms with E-state index in [1.54, 1.807) is 43.5 Å². The molecule has 2 N–H and O–H groups in total. The van der Waals surface area contributed by atoms with E-state index in [9.17, 15) is 9.59 Å². The molecular weight excluding hydrogens is 324 g/mol. The fraction of sp³-hybridized carbons (Fsp3) is 0.111. The van der Waals surface area contributed by atoms with Crippen molar-refractivity contribution in [2.75, 3.05) is 13.9 Å². The molecule has 0 aliphatic carbocycles. The van der Waals surface area contributed by atoms with Gasteiger partial charge in [0, 0.05) is 11.6 Å². The fourth-order valence-electron chi connectivity index (χ4n) is 2.16. The maximum atomic E-state index is 12.0. The van der Waals surface area contributed by atoms with Crippen molar-refractivity contribution in [1.29, 1.82) is 0 Å². The number of carbonyl (C=O) groups is 2. The molecule has 0 fully saturated rings. The van der Waals surface area contributed by atoms with Crippen molar-refractivity contribution in [1.82, 2.24) is 10.9 Å². The zero-order valence-electron chi connectivity index (χ0n) is 13.4. The zero-order valence-corrected chi connectivity index (χ0v) is 13.4. The van der Waals surface area contributed by atoms with Crippen LogP contribution in [0.3, 0.4) is 0 Å². The molecule has 0 aromatic heterocycles. The maximum Gasteiger partial charge on any atom is 0.269 e. The first-order valence-corrected chi connectivity index (χ1v) is 7.48. The Bertz CT molecular complexity index is 815. The zero-order chi connectivity index (χ0) is 17.6. The summed E-state index contributed by atoms with van der Waals surface area (Å²) in [6.07, 6.45) is 2.95. The first kappa shape index (κ1) is 16.4.